The van der Waals surface area contributed by atoms with Gasteiger partial charge in [0.15, 0.2) is 15.8 Å². The van der Waals surface area contributed by atoms with Crippen molar-refractivity contribution in [3.63, 3.8) is 0 Å². The van der Waals surface area contributed by atoms with Crippen LogP contribution in [0.3, 0.4) is 0 Å². The van der Waals surface area contributed by atoms with Gasteiger partial charge in [0.2, 0.25) is 5.91 Å². The topological polar surface area (TPSA) is 164 Å². The lowest BCUT2D eigenvalue weighted by Gasteiger charge is -2.16. The molecule has 9 nitrogen and oxygen atoms in total. The van der Waals surface area contributed by atoms with Crippen LogP contribution in [0.4, 0.5) is 0 Å². The van der Waals surface area contributed by atoms with Gasteiger partial charge in [-0.05, 0) is 24.1 Å². The van der Waals surface area contributed by atoms with E-state index in [1.807, 2.05) is 6.92 Å². The summed E-state index contributed by atoms with van der Waals surface area (Å²) in [4.78, 5) is 34.1. The molecule has 2 unspecified atom stereocenters. The van der Waals surface area contributed by atoms with E-state index in [0.717, 1.165) is 31.4 Å². The van der Waals surface area contributed by atoms with Gasteiger partial charge in [0.25, 0.3) is 5.91 Å². The monoisotopic (exact) mass is 400 g/mol. The van der Waals surface area contributed by atoms with Crippen LogP contribution in [0, 0.1) is 0 Å². The lowest BCUT2D eigenvalue weighted by atomic mass is 9.99. The number of carbonyl (C=O) groups excluding carboxylic acids is 2. The summed E-state index contributed by atoms with van der Waals surface area (Å²) < 4.78 is 25.5. The molecule has 0 aliphatic heterocycles. The predicted molar refractivity (Wildman–Crippen MR) is 95.7 cm³/mol. The number of hydrogen-bond donors (Lipinski definition) is 4. The van der Waals surface area contributed by atoms with Crippen LogP contribution in [0.15, 0.2) is 29.2 Å². The first-order chi connectivity index (χ1) is 12.7. The fraction of sp³-hybridized carbons (Fsp3) is 0.471. The molecular formula is C17H24N2O7S. The van der Waals surface area contributed by atoms with E-state index < -0.39 is 38.8 Å². The molecule has 150 valence electrons. The zero-order valence-corrected chi connectivity index (χ0v) is 15.7. The Morgan fingerprint density at radius 1 is 1.11 bits per heavy atom. The average Bonchev–Trinajstić information content (AvgIpc) is 2.60. The van der Waals surface area contributed by atoms with Crippen molar-refractivity contribution in [3.05, 3.63) is 29.8 Å². The minimum absolute atomic E-state index is 0.0278. The third kappa shape index (κ3) is 5.76. The number of carboxylic acids is 1. The van der Waals surface area contributed by atoms with E-state index >= 15 is 0 Å². The summed E-state index contributed by atoms with van der Waals surface area (Å²) in [6, 6.07) is 4.57. The maximum atomic E-state index is 12.8. The predicted octanol–water partition coefficient (Wildman–Crippen LogP) is 0.958. The number of hydrogen-bond acceptors (Lipinski definition) is 6. The molecule has 1 rings (SSSR count). The van der Waals surface area contributed by atoms with E-state index in [9.17, 15) is 22.8 Å². The van der Waals surface area contributed by atoms with Crippen molar-refractivity contribution in [1.82, 2.24) is 5.48 Å². The summed E-state index contributed by atoms with van der Waals surface area (Å²) in [6.07, 6.45) is 3.11. The number of amides is 2. The molecule has 1 aromatic carbocycles. The summed E-state index contributed by atoms with van der Waals surface area (Å²) >= 11 is 0. The van der Waals surface area contributed by atoms with Crippen molar-refractivity contribution >= 4 is 27.6 Å². The summed E-state index contributed by atoms with van der Waals surface area (Å²) in [7, 11) is -4.12. The van der Waals surface area contributed by atoms with Crippen molar-refractivity contribution < 1.29 is 33.1 Å². The van der Waals surface area contributed by atoms with Gasteiger partial charge in [-0.1, -0.05) is 44.7 Å². The van der Waals surface area contributed by atoms with Crippen LogP contribution in [0.5, 0.6) is 0 Å². The van der Waals surface area contributed by atoms with Crippen LogP contribution in [0.1, 0.15) is 50.5 Å². The van der Waals surface area contributed by atoms with Crippen molar-refractivity contribution in [3.8, 4) is 0 Å². The first-order valence-corrected chi connectivity index (χ1v) is 10.0. The second kappa shape index (κ2) is 10.0. The van der Waals surface area contributed by atoms with Gasteiger partial charge < -0.3 is 10.8 Å². The van der Waals surface area contributed by atoms with Gasteiger partial charge in [-0.15, -0.1) is 0 Å². The highest BCUT2D eigenvalue weighted by molar-refractivity contribution is 7.92. The highest BCUT2D eigenvalue weighted by Crippen LogP contribution is 2.24. The Kier molecular flexibility index (Phi) is 8.38. The second-order valence-electron chi connectivity index (χ2n) is 6.10. The van der Waals surface area contributed by atoms with Crippen LogP contribution in [0.2, 0.25) is 0 Å². The molecule has 0 spiro atoms. The Hall–Kier alpha value is -2.46. The zero-order chi connectivity index (χ0) is 20.6. The number of primary amides is 1. The molecule has 0 saturated carbocycles. The Morgan fingerprint density at radius 3 is 2.15 bits per heavy atom. The highest BCUT2D eigenvalue weighted by Gasteiger charge is 2.34. The van der Waals surface area contributed by atoms with E-state index in [0.29, 0.717) is 6.42 Å². The standard InChI is InChI=1S/C17H24N2O7S/c1-2-3-4-5-6-13(16(21)19-24)27(25,26)12-9-7-11(8-10-12)14(15(18)20)17(22)23/h7-10,13-14,24H,2-6H2,1H3,(H2,18,20)(H,19,21)(H,22,23). The number of sulfone groups is 1. The van der Waals surface area contributed by atoms with E-state index in [-0.39, 0.29) is 16.9 Å². The van der Waals surface area contributed by atoms with Crippen LogP contribution < -0.4 is 11.2 Å². The van der Waals surface area contributed by atoms with Crippen molar-refractivity contribution in [2.75, 3.05) is 0 Å². The van der Waals surface area contributed by atoms with Crippen LogP contribution in [-0.2, 0) is 24.2 Å². The highest BCUT2D eigenvalue weighted by atomic mass is 32.2. The Bertz CT molecular complexity index is 761. The maximum Gasteiger partial charge on any atom is 0.320 e. The van der Waals surface area contributed by atoms with E-state index in [1.54, 1.807) is 0 Å². The quantitative estimate of drug-likeness (QED) is 0.186. The molecule has 10 heteroatoms. The molecule has 0 radical (unpaired) electrons. The molecule has 0 saturated heterocycles. The molecule has 0 aliphatic rings. The van der Waals surface area contributed by atoms with Crippen LogP contribution in [-0.4, -0.2) is 41.8 Å². The lowest BCUT2D eigenvalue weighted by Crippen LogP contribution is -2.38. The van der Waals surface area contributed by atoms with E-state index in [4.69, 9.17) is 16.0 Å². The number of aliphatic carboxylic acids is 1. The smallest absolute Gasteiger partial charge is 0.320 e. The number of nitrogens with one attached hydrogen (secondary N) is 1. The zero-order valence-electron chi connectivity index (χ0n) is 14.9. The fourth-order valence-electron chi connectivity index (χ4n) is 2.70. The van der Waals surface area contributed by atoms with Crippen LogP contribution in [0.25, 0.3) is 0 Å². The van der Waals surface area contributed by atoms with E-state index in [1.165, 1.54) is 17.6 Å². The summed E-state index contributed by atoms with van der Waals surface area (Å²) in [5, 5.41) is 16.5. The number of rotatable bonds is 11. The number of carboxylic acid groups (broad SMARTS) is 1. The average molecular weight is 400 g/mol. The molecule has 1 aromatic rings. The number of carbonyl (C=O) groups is 3. The molecule has 0 heterocycles. The molecular weight excluding hydrogens is 376 g/mol. The number of unbranched alkanes of at least 4 members (excludes halogenated alkanes) is 3. The third-order valence-corrected chi connectivity index (χ3v) is 6.30. The molecule has 0 aliphatic carbocycles. The SMILES string of the molecule is CCCCCCC(C(=O)NO)S(=O)(=O)c1ccc(C(C(N)=O)C(=O)O)cc1. The first kappa shape index (κ1) is 22.6. The minimum atomic E-state index is -4.12. The number of benzene rings is 1. The molecule has 5 N–H and O–H groups in total. The van der Waals surface area contributed by atoms with Gasteiger partial charge in [-0.2, -0.15) is 0 Å². The van der Waals surface area contributed by atoms with Gasteiger partial charge >= 0.3 is 5.97 Å². The molecule has 0 fully saturated rings. The largest absolute Gasteiger partial charge is 0.480 e. The molecule has 27 heavy (non-hydrogen) atoms. The van der Waals surface area contributed by atoms with Crippen molar-refractivity contribution in [2.24, 2.45) is 5.73 Å². The molecule has 2 atom stereocenters. The second-order valence-corrected chi connectivity index (χ2v) is 8.23. The maximum absolute atomic E-state index is 12.8. The molecule has 0 bridgehead atoms. The van der Waals surface area contributed by atoms with Gasteiger partial charge in [-0.25, -0.2) is 13.9 Å². The summed E-state index contributed by atoms with van der Waals surface area (Å²) in [5.41, 5.74) is 6.47. The van der Waals surface area contributed by atoms with Gasteiger partial charge in [0.1, 0.15) is 5.25 Å². The Labute approximate surface area is 157 Å². The first-order valence-electron chi connectivity index (χ1n) is 8.46. The fourth-order valence-corrected chi connectivity index (χ4v) is 4.35. The van der Waals surface area contributed by atoms with E-state index in [2.05, 4.69) is 0 Å². The van der Waals surface area contributed by atoms with Crippen molar-refractivity contribution in [2.45, 2.75) is 55.1 Å². The van der Waals surface area contributed by atoms with Gasteiger partial charge in [-0.3, -0.25) is 19.6 Å². The van der Waals surface area contributed by atoms with Gasteiger partial charge in [0.05, 0.1) is 4.90 Å². The number of hydroxylamine groups is 1. The normalized spacial score (nSPS) is 13.6. The van der Waals surface area contributed by atoms with Gasteiger partial charge in [0, 0.05) is 0 Å². The Balaban J connectivity index is 3.13. The van der Waals surface area contributed by atoms with Crippen molar-refractivity contribution in [1.29, 1.82) is 0 Å². The summed E-state index contributed by atoms with van der Waals surface area (Å²) in [5.74, 6) is -5.17. The molecule has 2 amide bonds. The number of nitrogens with two attached hydrogens (primary N) is 1. The Morgan fingerprint density at radius 2 is 1.70 bits per heavy atom. The van der Waals surface area contributed by atoms with Crippen LogP contribution >= 0.6 is 0 Å². The minimum Gasteiger partial charge on any atom is -0.480 e. The molecule has 0 aromatic heterocycles. The third-order valence-electron chi connectivity index (χ3n) is 4.17. The summed E-state index contributed by atoms with van der Waals surface area (Å²) in [6.45, 7) is 1.99. The lowest BCUT2D eigenvalue weighted by molar-refractivity contribution is -0.142.